The predicted octanol–water partition coefficient (Wildman–Crippen LogP) is 3.64. The summed E-state index contributed by atoms with van der Waals surface area (Å²) in [6.45, 7) is 8.66. The minimum absolute atomic E-state index is 0.430. The van der Waals surface area contributed by atoms with Gasteiger partial charge in [-0.15, -0.1) is 11.3 Å². The van der Waals surface area contributed by atoms with E-state index in [0.29, 0.717) is 17.8 Å². The molecule has 0 saturated heterocycles. The van der Waals surface area contributed by atoms with Crippen LogP contribution < -0.4 is 10.6 Å². The molecule has 1 atom stereocenters. The Morgan fingerprint density at radius 1 is 1.32 bits per heavy atom. The standard InChI is InChI=1S/C13H20N4S2/c1-7(2)9(4)17(5)13-10(11(14)16-19-13)12-15-8(3)6-18-12/h6-7,9H,1-5H3,(H2,14,16). The van der Waals surface area contributed by atoms with E-state index < -0.39 is 0 Å². The third-order valence-corrected chi connectivity index (χ3v) is 5.36. The molecule has 0 aliphatic rings. The second kappa shape index (κ2) is 5.46. The molecule has 2 rings (SSSR count). The second-order valence-electron chi connectivity index (χ2n) is 5.14. The number of hydrogen-bond acceptors (Lipinski definition) is 6. The van der Waals surface area contributed by atoms with E-state index in [1.54, 1.807) is 11.3 Å². The van der Waals surface area contributed by atoms with Crippen molar-refractivity contribution in [3.63, 3.8) is 0 Å². The molecule has 0 fully saturated rings. The van der Waals surface area contributed by atoms with Crippen LogP contribution in [0.5, 0.6) is 0 Å². The van der Waals surface area contributed by atoms with Crippen LogP contribution in [-0.2, 0) is 0 Å². The van der Waals surface area contributed by atoms with E-state index in [2.05, 4.69) is 42.1 Å². The molecular weight excluding hydrogens is 276 g/mol. The number of nitrogen functional groups attached to an aromatic ring is 1. The molecule has 104 valence electrons. The molecular formula is C13H20N4S2. The van der Waals surface area contributed by atoms with E-state index in [0.717, 1.165) is 21.3 Å². The van der Waals surface area contributed by atoms with Crippen molar-refractivity contribution in [2.45, 2.75) is 33.7 Å². The molecule has 0 bridgehead atoms. The van der Waals surface area contributed by atoms with Crippen LogP contribution in [0.4, 0.5) is 10.8 Å². The molecule has 0 aliphatic carbocycles. The monoisotopic (exact) mass is 296 g/mol. The van der Waals surface area contributed by atoms with Crippen molar-refractivity contribution < 1.29 is 0 Å². The lowest BCUT2D eigenvalue weighted by atomic mass is 10.1. The molecule has 0 amide bonds. The average Bonchev–Trinajstić information content (AvgIpc) is 2.93. The van der Waals surface area contributed by atoms with Gasteiger partial charge in [0.15, 0.2) is 0 Å². The Hall–Kier alpha value is -1.14. The first-order chi connectivity index (χ1) is 8.91. The van der Waals surface area contributed by atoms with Crippen molar-refractivity contribution in [1.29, 1.82) is 0 Å². The molecule has 1 unspecified atom stereocenters. The van der Waals surface area contributed by atoms with Gasteiger partial charge in [0.25, 0.3) is 0 Å². The van der Waals surface area contributed by atoms with E-state index in [-0.39, 0.29) is 0 Å². The van der Waals surface area contributed by atoms with Gasteiger partial charge in [-0.25, -0.2) is 4.98 Å². The van der Waals surface area contributed by atoms with Gasteiger partial charge in [-0.2, -0.15) is 4.37 Å². The summed E-state index contributed by atoms with van der Waals surface area (Å²) in [5.41, 5.74) is 8.04. The van der Waals surface area contributed by atoms with E-state index in [9.17, 15) is 0 Å². The van der Waals surface area contributed by atoms with Gasteiger partial charge in [0.1, 0.15) is 15.8 Å². The van der Waals surface area contributed by atoms with Crippen molar-refractivity contribution in [2.24, 2.45) is 5.92 Å². The molecule has 2 N–H and O–H groups in total. The summed E-state index contributed by atoms with van der Waals surface area (Å²) >= 11 is 3.07. The Kier molecular flexibility index (Phi) is 4.10. The van der Waals surface area contributed by atoms with E-state index in [1.807, 2.05) is 12.3 Å². The Labute approximate surface area is 122 Å². The highest BCUT2D eigenvalue weighted by molar-refractivity contribution is 7.15. The highest BCUT2D eigenvalue weighted by Gasteiger charge is 2.23. The van der Waals surface area contributed by atoms with Gasteiger partial charge >= 0.3 is 0 Å². The molecule has 19 heavy (non-hydrogen) atoms. The van der Waals surface area contributed by atoms with Crippen molar-refractivity contribution in [3.05, 3.63) is 11.1 Å². The fourth-order valence-electron chi connectivity index (χ4n) is 1.84. The number of aryl methyl sites for hydroxylation is 1. The molecule has 2 aromatic heterocycles. The van der Waals surface area contributed by atoms with Crippen molar-refractivity contribution in [2.75, 3.05) is 17.7 Å². The fraction of sp³-hybridized carbons (Fsp3) is 0.538. The summed E-state index contributed by atoms with van der Waals surface area (Å²) in [5, 5.41) is 4.11. The lowest BCUT2D eigenvalue weighted by Crippen LogP contribution is -2.32. The number of anilines is 2. The Morgan fingerprint density at radius 2 is 2.00 bits per heavy atom. The SMILES string of the molecule is Cc1csc(-c2c(N)nsc2N(C)C(C)C(C)C)n1. The van der Waals surface area contributed by atoms with Crippen molar-refractivity contribution in [3.8, 4) is 10.6 Å². The number of thiazole rings is 1. The fourth-order valence-corrected chi connectivity index (χ4v) is 3.61. The maximum absolute atomic E-state index is 6.04. The summed E-state index contributed by atoms with van der Waals surface area (Å²) in [6, 6.07) is 0.430. The smallest absolute Gasteiger partial charge is 0.149 e. The van der Waals surface area contributed by atoms with Crippen molar-refractivity contribution >= 4 is 33.7 Å². The van der Waals surface area contributed by atoms with Gasteiger partial charge in [-0.3, -0.25) is 0 Å². The summed E-state index contributed by atoms with van der Waals surface area (Å²) in [4.78, 5) is 6.79. The minimum Gasteiger partial charge on any atom is -0.382 e. The third kappa shape index (κ3) is 2.74. The number of nitrogens with zero attached hydrogens (tertiary/aromatic N) is 3. The third-order valence-electron chi connectivity index (χ3n) is 3.43. The number of aromatic nitrogens is 2. The molecule has 6 heteroatoms. The molecule has 0 aliphatic heterocycles. The van der Waals surface area contributed by atoms with Crippen LogP contribution in [0.25, 0.3) is 10.6 Å². The van der Waals surface area contributed by atoms with Gasteiger partial charge in [0.05, 0.1) is 5.56 Å². The largest absolute Gasteiger partial charge is 0.382 e. The van der Waals surface area contributed by atoms with Crippen LogP contribution in [0.2, 0.25) is 0 Å². The molecule has 2 heterocycles. The Balaban J connectivity index is 2.43. The predicted molar refractivity (Wildman–Crippen MR) is 85.1 cm³/mol. The summed E-state index contributed by atoms with van der Waals surface area (Å²) < 4.78 is 4.31. The summed E-state index contributed by atoms with van der Waals surface area (Å²) in [7, 11) is 2.10. The maximum atomic E-state index is 6.04. The molecule has 0 radical (unpaired) electrons. The number of hydrogen-bond donors (Lipinski definition) is 1. The molecule has 0 spiro atoms. The lowest BCUT2D eigenvalue weighted by molar-refractivity contribution is 0.508. The molecule has 4 nitrogen and oxygen atoms in total. The highest BCUT2D eigenvalue weighted by atomic mass is 32.1. The first kappa shape index (κ1) is 14.3. The summed E-state index contributed by atoms with van der Waals surface area (Å²) in [6.07, 6.45) is 0. The average molecular weight is 296 g/mol. The quantitative estimate of drug-likeness (QED) is 0.936. The van der Waals surface area contributed by atoms with Gasteiger partial charge in [-0.05, 0) is 31.3 Å². The molecule has 0 aromatic carbocycles. The topological polar surface area (TPSA) is 55.0 Å². The molecule has 0 saturated carbocycles. The van der Waals surface area contributed by atoms with Gasteiger partial charge < -0.3 is 10.6 Å². The van der Waals surface area contributed by atoms with Crippen LogP contribution in [0, 0.1) is 12.8 Å². The minimum atomic E-state index is 0.430. The van der Waals surface area contributed by atoms with Gasteiger partial charge in [0.2, 0.25) is 0 Å². The summed E-state index contributed by atoms with van der Waals surface area (Å²) in [5.74, 6) is 1.15. The van der Waals surface area contributed by atoms with E-state index >= 15 is 0 Å². The normalized spacial score (nSPS) is 12.9. The lowest BCUT2D eigenvalue weighted by Gasteiger charge is -2.29. The van der Waals surface area contributed by atoms with Crippen LogP contribution in [0.3, 0.4) is 0 Å². The van der Waals surface area contributed by atoms with Crippen molar-refractivity contribution in [1.82, 2.24) is 9.36 Å². The van der Waals surface area contributed by atoms with Crippen LogP contribution in [-0.4, -0.2) is 22.4 Å². The number of rotatable bonds is 4. The first-order valence-electron chi connectivity index (χ1n) is 6.32. The number of nitrogens with two attached hydrogens (primary N) is 1. The van der Waals surface area contributed by atoms with E-state index in [4.69, 9.17) is 5.73 Å². The Bertz CT molecular complexity index is 559. The molecule has 2 aromatic rings. The van der Waals surface area contributed by atoms with Crippen LogP contribution >= 0.6 is 22.9 Å². The highest BCUT2D eigenvalue weighted by Crippen LogP contribution is 2.41. The first-order valence-corrected chi connectivity index (χ1v) is 7.97. The Morgan fingerprint density at radius 3 is 2.53 bits per heavy atom. The van der Waals surface area contributed by atoms with Crippen LogP contribution in [0.1, 0.15) is 26.5 Å². The zero-order valence-corrected chi connectivity index (χ0v) is 13.6. The zero-order chi connectivity index (χ0) is 14.2. The van der Waals surface area contributed by atoms with Gasteiger partial charge in [-0.1, -0.05) is 13.8 Å². The van der Waals surface area contributed by atoms with Crippen LogP contribution in [0.15, 0.2) is 5.38 Å². The second-order valence-corrected chi connectivity index (χ2v) is 6.75. The maximum Gasteiger partial charge on any atom is 0.149 e. The van der Waals surface area contributed by atoms with Gasteiger partial charge in [0, 0.05) is 24.2 Å². The van der Waals surface area contributed by atoms with E-state index in [1.165, 1.54) is 11.5 Å². The zero-order valence-electron chi connectivity index (χ0n) is 12.0.